The minimum Gasteiger partial charge on any atom is -0.493 e. The van der Waals surface area contributed by atoms with Crippen LogP contribution in [0.1, 0.15) is 18.4 Å². The van der Waals surface area contributed by atoms with Gasteiger partial charge in [0.25, 0.3) is 0 Å². The summed E-state index contributed by atoms with van der Waals surface area (Å²) >= 11 is 0. The Kier molecular flexibility index (Phi) is 2.81. The van der Waals surface area contributed by atoms with Crippen LogP contribution in [0, 0.1) is 0 Å². The van der Waals surface area contributed by atoms with Gasteiger partial charge in [-0.1, -0.05) is 0 Å². The molecule has 2 aliphatic rings. The molecule has 0 bridgehead atoms. The summed E-state index contributed by atoms with van der Waals surface area (Å²) in [6.45, 7) is 1.31. The molecule has 0 spiro atoms. The van der Waals surface area contributed by atoms with Crippen LogP contribution in [0.25, 0.3) is 0 Å². The van der Waals surface area contributed by atoms with Gasteiger partial charge in [-0.25, -0.2) is 4.99 Å². The number of methoxy groups -OCH3 is 1. The zero-order chi connectivity index (χ0) is 14.3. The molecule has 0 saturated carbocycles. The Morgan fingerprint density at radius 2 is 2.15 bits per heavy atom. The Labute approximate surface area is 115 Å². The lowest BCUT2D eigenvalue weighted by Crippen LogP contribution is -2.39. The van der Waals surface area contributed by atoms with E-state index in [0.29, 0.717) is 11.5 Å². The van der Waals surface area contributed by atoms with E-state index < -0.39 is 11.9 Å². The van der Waals surface area contributed by atoms with Gasteiger partial charge in [0.15, 0.2) is 11.5 Å². The Hall–Kier alpha value is -2.57. The maximum atomic E-state index is 11.9. The van der Waals surface area contributed by atoms with Crippen molar-refractivity contribution < 1.29 is 19.1 Å². The van der Waals surface area contributed by atoms with Crippen LogP contribution >= 0.6 is 0 Å². The number of hydrogen-bond donors (Lipinski definition) is 2. The van der Waals surface area contributed by atoms with Gasteiger partial charge in [0.2, 0.25) is 5.91 Å². The van der Waals surface area contributed by atoms with Crippen LogP contribution in [-0.4, -0.2) is 31.5 Å². The molecule has 2 N–H and O–H groups in total. The largest absolute Gasteiger partial charge is 0.493 e. The van der Waals surface area contributed by atoms with E-state index in [4.69, 9.17) is 9.47 Å². The van der Waals surface area contributed by atoms with Gasteiger partial charge in [0.05, 0.1) is 13.4 Å². The van der Waals surface area contributed by atoms with Crippen molar-refractivity contribution in [1.82, 2.24) is 5.32 Å². The van der Waals surface area contributed by atoms with Crippen LogP contribution in [0.4, 0.5) is 5.69 Å². The number of hydrogen-bond acceptors (Lipinski definition) is 6. The number of ether oxygens (including phenoxy) is 2. The first-order chi connectivity index (χ1) is 9.60. The maximum absolute atomic E-state index is 11.9. The number of nitrogens with zero attached hydrogens (tertiary/aromatic N) is 1. The van der Waals surface area contributed by atoms with Crippen molar-refractivity contribution in [1.29, 1.82) is 0 Å². The molecule has 0 aromatic heterocycles. The van der Waals surface area contributed by atoms with Crippen molar-refractivity contribution in [2.75, 3.05) is 12.4 Å². The number of amides is 1. The van der Waals surface area contributed by atoms with E-state index in [0.717, 1.165) is 11.3 Å². The number of rotatable bonds is 2. The zero-order valence-electron chi connectivity index (χ0n) is 11.0. The number of esters is 1. The van der Waals surface area contributed by atoms with Crippen molar-refractivity contribution in [2.24, 2.45) is 4.99 Å². The summed E-state index contributed by atoms with van der Waals surface area (Å²) in [4.78, 5) is 27.3. The summed E-state index contributed by atoms with van der Waals surface area (Å²) in [7, 11) is 1.49. The van der Waals surface area contributed by atoms with Gasteiger partial charge in [0.1, 0.15) is 12.1 Å². The topological polar surface area (TPSA) is 89.0 Å². The monoisotopic (exact) mass is 275 g/mol. The highest BCUT2D eigenvalue weighted by Crippen LogP contribution is 2.43. The van der Waals surface area contributed by atoms with Crippen molar-refractivity contribution in [3.8, 4) is 11.5 Å². The van der Waals surface area contributed by atoms with E-state index in [1.54, 1.807) is 12.1 Å². The highest BCUT2D eigenvalue weighted by molar-refractivity contribution is 5.98. The quantitative estimate of drug-likeness (QED) is 0.610. The normalized spacial score (nSPS) is 22.4. The minimum absolute atomic E-state index is 0.143. The third-order valence-electron chi connectivity index (χ3n) is 3.27. The first-order valence-electron chi connectivity index (χ1n) is 6.09. The van der Waals surface area contributed by atoms with E-state index >= 15 is 0 Å². The van der Waals surface area contributed by atoms with Crippen LogP contribution in [-0.2, 0) is 9.59 Å². The summed E-state index contributed by atoms with van der Waals surface area (Å²) in [6.07, 6.45) is 1.04. The molecule has 1 amide bonds. The number of benzene rings is 1. The molecule has 2 aliphatic heterocycles. The van der Waals surface area contributed by atoms with E-state index in [-0.39, 0.29) is 12.1 Å². The predicted molar refractivity (Wildman–Crippen MR) is 71.1 cm³/mol. The lowest BCUT2D eigenvalue weighted by atomic mass is 9.97. The van der Waals surface area contributed by atoms with Crippen LogP contribution in [0.3, 0.4) is 0 Å². The molecule has 0 fully saturated rings. The zero-order valence-corrected chi connectivity index (χ0v) is 11.0. The van der Waals surface area contributed by atoms with Gasteiger partial charge in [-0.05, 0) is 11.6 Å². The number of carbonyl (C=O) groups is 2. The van der Waals surface area contributed by atoms with Gasteiger partial charge in [-0.2, -0.15) is 0 Å². The average molecular weight is 275 g/mol. The molecule has 3 rings (SSSR count). The molecule has 7 nitrogen and oxygen atoms in total. The Morgan fingerprint density at radius 3 is 2.85 bits per heavy atom. The molecular formula is C13H13N3O4. The molecular weight excluding hydrogens is 262 g/mol. The highest BCUT2D eigenvalue weighted by atomic mass is 16.6. The van der Waals surface area contributed by atoms with E-state index in [2.05, 4.69) is 15.6 Å². The van der Waals surface area contributed by atoms with Crippen LogP contribution in [0.2, 0.25) is 0 Å². The number of anilines is 1. The molecule has 20 heavy (non-hydrogen) atoms. The lowest BCUT2D eigenvalue weighted by molar-refractivity contribution is -0.132. The first kappa shape index (κ1) is 12.5. The molecule has 0 radical (unpaired) electrons. The maximum Gasteiger partial charge on any atom is 0.308 e. The minimum atomic E-state index is -0.447. The molecule has 2 heterocycles. The second-order valence-corrected chi connectivity index (χ2v) is 4.54. The summed E-state index contributed by atoms with van der Waals surface area (Å²) in [5.74, 6) is -0.305. The Morgan fingerprint density at radius 1 is 1.35 bits per heavy atom. The smallest absolute Gasteiger partial charge is 0.308 e. The molecule has 2 unspecified atom stereocenters. The van der Waals surface area contributed by atoms with Gasteiger partial charge in [0, 0.05) is 18.7 Å². The number of aliphatic imine (C=N–C) groups is 1. The molecule has 104 valence electrons. The van der Waals surface area contributed by atoms with Gasteiger partial charge >= 0.3 is 5.97 Å². The fourth-order valence-corrected chi connectivity index (χ4v) is 2.44. The standard InChI is InChI=1S/C13H13N3O4/c1-6(17)20-10-3-7-8(4-9(10)19-2)16-12-11(7)13(18)15-5-14-12/h3-5,11-12,16H,1-2H3,(H,14,15,18). The summed E-state index contributed by atoms with van der Waals surface area (Å²) in [6, 6.07) is 3.35. The van der Waals surface area contributed by atoms with Crippen molar-refractivity contribution in [3.05, 3.63) is 17.7 Å². The lowest BCUT2D eigenvalue weighted by Gasteiger charge is -2.19. The molecule has 0 saturated heterocycles. The number of carbonyl (C=O) groups excluding carboxylic acids is 2. The summed E-state index contributed by atoms with van der Waals surface area (Å²) < 4.78 is 10.3. The second kappa shape index (κ2) is 4.52. The Balaban J connectivity index is 2.07. The SMILES string of the molecule is COc1cc2c(cc1OC(C)=O)C1C(=O)NC=NC1N2. The molecule has 2 atom stereocenters. The van der Waals surface area contributed by atoms with Gasteiger partial charge in [-0.15, -0.1) is 0 Å². The van der Waals surface area contributed by atoms with E-state index in [9.17, 15) is 9.59 Å². The van der Waals surface area contributed by atoms with Crippen LogP contribution in [0.5, 0.6) is 11.5 Å². The molecule has 1 aromatic rings. The Bertz CT molecular complexity index is 626. The predicted octanol–water partition coefficient (Wildman–Crippen LogP) is 0.614. The van der Waals surface area contributed by atoms with Gasteiger partial charge in [-0.3, -0.25) is 9.59 Å². The van der Waals surface area contributed by atoms with E-state index in [1.807, 2.05) is 0 Å². The molecule has 0 aliphatic carbocycles. The molecule has 7 heteroatoms. The van der Waals surface area contributed by atoms with Crippen molar-refractivity contribution >= 4 is 23.9 Å². The highest BCUT2D eigenvalue weighted by Gasteiger charge is 2.40. The fraction of sp³-hybridized carbons (Fsp3) is 0.308. The number of nitrogens with one attached hydrogen (secondary N) is 2. The second-order valence-electron chi connectivity index (χ2n) is 4.54. The summed E-state index contributed by atoms with van der Waals surface area (Å²) in [5.41, 5.74) is 1.49. The third kappa shape index (κ3) is 1.87. The van der Waals surface area contributed by atoms with Crippen molar-refractivity contribution in [3.63, 3.8) is 0 Å². The van der Waals surface area contributed by atoms with Crippen molar-refractivity contribution in [2.45, 2.75) is 19.0 Å². The first-order valence-corrected chi connectivity index (χ1v) is 6.09. The van der Waals surface area contributed by atoms with Gasteiger partial charge < -0.3 is 20.1 Å². The summed E-state index contributed by atoms with van der Waals surface area (Å²) in [5, 5.41) is 5.72. The number of fused-ring (bicyclic) bond motifs is 3. The average Bonchev–Trinajstić information content (AvgIpc) is 2.75. The molecule has 1 aromatic carbocycles. The van der Waals surface area contributed by atoms with Crippen LogP contribution in [0.15, 0.2) is 17.1 Å². The third-order valence-corrected chi connectivity index (χ3v) is 3.27. The fourth-order valence-electron chi connectivity index (χ4n) is 2.44. The van der Waals surface area contributed by atoms with E-state index in [1.165, 1.54) is 20.4 Å². The van der Waals surface area contributed by atoms with Crippen LogP contribution < -0.4 is 20.1 Å².